The van der Waals surface area contributed by atoms with Gasteiger partial charge in [0.2, 0.25) is 0 Å². The van der Waals surface area contributed by atoms with Crippen LogP contribution >= 0.6 is 11.3 Å². The molecule has 2 amide bonds. The molecule has 120 valence electrons. The summed E-state index contributed by atoms with van der Waals surface area (Å²) in [4.78, 5) is 16.3. The van der Waals surface area contributed by atoms with Crippen LogP contribution in [0.25, 0.3) is 0 Å². The number of halogens is 2. The van der Waals surface area contributed by atoms with Crippen LogP contribution in [-0.2, 0) is 12.1 Å². The van der Waals surface area contributed by atoms with Gasteiger partial charge in [-0.15, -0.1) is 11.3 Å². The number of nitrogens with one attached hydrogen (secondary N) is 2. The minimum Gasteiger partial charge on any atom is -0.326 e. The number of nitrogens with zero attached hydrogens (tertiary/aromatic N) is 3. The van der Waals surface area contributed by atoms with Crippen LogP contribution in [0.15, 0.2) is 24.0 Å². The first-order valence-corrected chi connectivity index (χ1v) is 7.60. The molecule has 0 saturated carbocycles. The molecule has 2 heterocycles. The van der Waals surface area contributed by atoms with Crippen molar-refractivity contribution in [1.29, 1.82) is 0 Å². The summed E-state index contributed by atoms with van der Waals surface area (Å²) >= 11 is 1.46. The molecule has 0 bridgehead atoms. The largest absolute Gasteiger partial charge is 0.326 e. The molecule has 0 spiro atoms. The molecule has 0 aliphatic heterocycles. The Morgan fingerprint density at radius 3 is 2.91 bits per heavy atom. The number of rotatable bonds is 6. The fourth-order valence-electron chi connectivity index (χ4n) is 1.87. The molecule has 2 aromatic heterocycles. The third-order valence-corrected chi connectivity index (χ3v) is 4.25. The fourth-order valence-corrected chi connectivity index (χ4v) is 2.70. The lowest BCUT2D eigenvalue weighted by Gasteiger charge is -2.27. The number of hydrogen-bond donors (Lipinski definition) is 2. The summed E-state index contributed by atoms with van der Waals surface area (Å²) in [5.41, 5.74) is -0.229. The molecular formula is C13H17F2N5OS. The number of carbonyl (C=O) groups excluding carboxylic acids is 1. The van der Waals surface area contributed by atoms with Crippen molar-refractivity contribution in [3.63, 3.8) is 0 Å². The molecule has 0 aromatic carbocycles. The van der Waals surface area contributed by atoms with Crippen molar-refractivity contribution < 1.29 is 13.6 Å². The second-order valence-electron chi connectivity index (χ2n) is 4.94. The second-order valence-corrected chi connectivity index (χ2v) is 5.84. The highest BCUT2D eigenvalue weighted by Gasteiger charge is 2.29. The first-order valence-electron chi connectivity index (χ1n) is 6.72. The Labute approximate surface area is 130 Å². The van der Waals surface area contributed by atoms with E-state index in [4.69, 9.17) is 0 Å². The standard InChI is InChI=1S/C13H17F2N5OS/c1-3-13(2,11-16-4-5-22-11)19-12(21)18-9-6-17-20(7-9)8-10(14)15/h4-7,10H,3,8H2,1-2H3,(H2,18,19,21)/t13-/m1/s1. The number of alkyl halides is 2. The molecule has 6 nitrogen and oxygen atoms in total. The lowest BCUT2D eigenvalue weighted by atomic mass is 10.0. The van der Waals surface area contributed by atoms with E-state index in [1.165, 1.54) is 23.7 Å². The van der Waals surface area contributed by atoms with Crippen LogP contribution in [0.4, 0.5) is 19.3 Å². The minimum absolute atomic E-state index is 0.357. The van der Waals surface area contributed by atoms with Gasteiger partial charge in [-0.3, -0.25) is 4.68 Å². The number of amides is 2. The third-order valence-electron chi connectivity index (χ3n) is 3.22. The van der Waals surface area contributed by atoms with Crippen LogP contribution in [0.2, 0.25) is 0 Å². The van der Waals surface area contributed by atoms with Crippen LogP contribution in [0, 0.1) is 0 Å². The normalized spacial score (nSPS) is 13.9. The van der Waals surface area contributed by atoms with Gasteiger partial charge in [-0.25, -0.2) is 18.6 Å². The number of aromatic nitrogens is 3. The predicted octanol–water partition coefficient (Wildman–Crippen LogP) is 3.05. The summed E-state index contributed by atoms with van der Waals surface area (Å²) < 4.78 is 25.6. The molecule has 9 heteroatoms. The highest BCUT2D eigenvalue weighted by molar-refractivity contribution is 7.09. The van der Waals surface area contributed by atoms with Gasteiger partial charge in [0.05, 0.1) is 17.4 Å². The topological polar surface area (TPSA) is 71.8 Å². The average Bonchev–Trinajstić information content (AvgIpc) is 3.09. The van der Waals surface area contributed by atoms with Crippen molar-refractivity contribution in [3.8, 4) is 0 Å². The van der Waals surface area contributed by atoms with E-state index in [-0.39, 0.29) is 0 Å². The lowest BCUT2D eigenvalue weighted by molar-refractivity contribution is 0.122. The number of anilines is 1. The maximum absolute atomic E-state index is 12.3. The molecule has 0 fully saturated rings. The first kappa shape index (κ1) is 16.3. The van der Waals surface area contributed by atoms with Crippen molar-refractivity contribution in [2.75, 3.05) is 5.32 Å². The van der Waals surface area contributed by atoms with Crippen molar-refractivity contribution in [2.45, 2.75) is 38.8 Å². The smallest absolute Gasteiger partial charge is 0.320 e. The van der Waals surface area contributed by atoms with Gasteiger partial charge < -0.3 is 10.6 Å². The Morgan fingerprint density at radius 1 is 1.55 bits per heavy atom. The quantitative estimate of drug-likeness (QED) is 0.855. The third kappa shape index (κ3) is 4.00. The summed E-state index contributed by atoms with van der Waals surface area (Å²) in [5.74, 6) is 0. The fraction of sp³-hybridized carbons (Fsp3) is 0.462. The SMILES string of the molecule is CC[C@@](C)(NC(=O)Nc1cnn(CC(F)F)c1)c1nccs1. The Balaban J connectivity index is 1.98. The highest BCUT2D eigenvalue weighted by atomic mass is 32.1. The molecule has 2 N–H and O–H groups in total. The molecular weight excluding hydrogens is 312 g/mol. The van der Waals surface area contributed by atoms with Crippen LogP contribution in [0.5, 0.6) is 0 Å². The Hall–Kier alpha value is -2.03. The number of hydrogen-bond acceptors (Lipinski definition) is 4. The monoisotopic (exact) mass is 329 g/mol. The first-order chi connectivity index (χ1) is 10.4. The van der Waals surface area contributed by atoms with E-state index in [9.17, 15) is 13.6 Å². The predicted molar refractivity (Wildman–Crippen MR) is 80.1 cm³/mol. The van der Waals surface area contributed by atoms with Gasteiger partial charge in [0, 0.05) is 17.8 Å². The summed E-state index contributed by atoms with van der Waals surface area (Å²) in [6, 6.07) is -0.434. The number of carbonyl (C=O) groups is 1. The van der Waals surface area contributed by atoms with Gasteiger partial charge in [-0.2, -0.15) is 5.10 Å². The summed E-state index contributed by atoms with van der Waals surface area (Å²) in [7, 11) is 0. The van der Waals surface area contributed by atoms with Gasteiger partial charge in [-0.1, -0.05) is 6.92 Å². The molecule has 0 aliphatic rings. The van der Waals surface area contributed by atoms with Gasteiger partial charge in [0.25, 0.3) is 6.43 Å². The van der Waals surface area contributed by atoms with E-state index in [2.05, 4.69) is 20.7 Å². The van der Waals surface area contributed by atoms with E-state index in [0.29, 0.717) is 12.1 Å². The van der Waals surface area contributed by atoms with E-state index in [0.717, 1.165) is 9.69 Å². The zero-order valence-corrected chi connectivity index (χ0v) is 13.0. The molecule has 2 aromatic rings. The Bertz CT molecular complexity index is 616. The summed E-state index contributed by atoms with van der Waals surface area (Å²) in [6.07, 6.45) is 2.54. The van der Waals surface area contributed by atoms with Crippen LogP contribution in [-0.4, -0.2) is 27.2 Å². The zero-order valence-electron chi connectivity index (χ0n) is 12.2. The maximum Gasteiger partial charge on any atom is 0.320 e. The van der Waals surface area contributed by atoms with Crippen molar-refractivity contribution in [3.05, 3.63) is 29.0 Å². The summed E-state index contributed by atoms with van der Waals surface area (Å²) in [5, 5.41) is 11.9. The molecule has 2 rings (SSSR count). The van der Waals surface area contributed by atoms with Gasteiger partial charge >= 0.3 is 6.03 Å². The van der Waals surface area contributed by atoms with Crippen molar-refractivity contribution in [2.24, 2.45) is 0 Å². The maximum atomic E-state index is 12.3. The van der Waals surface area contributed by atoms with Crippen LogP contribution in [0.3, 0.4) is 0 Å². The second kappa shape index (κ2) is 6.82. The van der Waals surface area contributed by atoms with Crippen LogP contribution < -0.4 is 10.6 Å². The lowest BCUT2D eigenvalue weighted by Crippen LogP contribution is -2.45. The summed E-state index contributed by atoms with van der Waals surface area (Å²) in [6.45, 7) is 3.32. The van der Waals surface area contributed by atoms with Gasteiger partial charge in [-0.05, 0) is 13.3 Å². The average molecular weight is 329 g/mol. The van der Waals surface area contributed by atoms with E-state index in [1.807, 2.05) is 19.2 Å². The molecule has 1 atom stereocenters. The van der Waals surface area contributed by atoms with E-state index < -0.39 is 24.5 Å². The molecule has 0 radical (unpaired) electrons. The molecule has 0 aliphatic carbocycles. The Morgan fingerprint density at radius 2 is 2.32 bits per heavy atom. The van der Waals surface area contributed by atoms with E-state index in [1.54, 1.807) is 6.20 Å². The zero-order chi connectivity index (χ0) is 16.2. The molecule has 0 saturated heterocycles. The van der Waals surface area contributed by atoms with Crippen molar-refractivity contribution >= 4 is 23.1 Å². The van der Waals surface area contributed by atoms with Crippen LogP contribution in [0.1, 0.15) is 25.3 Å². The molecule has 0 unspecified atom stereocenters. The van der Waals surface area contributed by atoms with E-state index >= 15 is 0 Å². The minimum atomic E-state index is -2.49. The van der Waals surface area contributed by atoms with Gasteiger partial charge in [0.1, 0.15) is 11.6 Å². The number of thiazole rings is 1. The molecule has 22 heavy (non-hydrogen) atoms. The number of urea groups is 1. The van der Waals surface area contributed by atoms with Gasteiger partial charge in [0.15, 0.2) is 0 Å². The highest BCUT2D eigenvalue weighted by Crippen LogP contribution is 2.26. The van der Waals surface area contributed by atoms with Crippen molar-refractivity contribution in [1.82, 2.24) is 20.1 Å². The Kier molecular flexibility index (Phi) is 5.07.